The Hall–Kier alpha value is -3.09. The van der Waals surface area contributed by atoms with Crippen molar-refractivity contribution in [3.05, 3.63) is 77.4 Å². The Kier molecular flexibility index (Phi) is 4.79. The van der Waals surface area contributed by atoms with Gasteiger partial charge in [-0.15, -0.1) is 5.10 Å². The molecule has 0 saturated heterocycles. The van der Waals surface area contributed by atoms with E-state index in [2.05, 4.69) is 10.1 Å². The number of carbonyl (C=O) groups is 1. The zero-order valence-corrected chi connectivity index (χ0v) is 14.6. The third-order valence-electron chi connectivity index (χ3n) is 4.29. The normalized spacial score (nSPS) is 12.0. The number of nitrogens with zero attached hydrogens (tertiary/aromatic N) is 4. The second-order valence-electron chi connectivity index (χ2n) is 6.01. The third kappa shape index (κ3) is 3.46. The Morgan fingerprint density at radius 3 is 2.15 bits per heavy atom. The monoisotopic (exact) mass is 356 g/mol. The Bertz CT molecular complexity index is 920. The van der Waals surface area contributed by atoms with E-state index in [0.29, 0.717) is 11.5 Å². The summed E-state index contributed by atoms with van der Waals surface area (Å²) in [5, 5.41) is 4.25. The summed E-state index contributed by atoms with van der Waals surface area (Å²) in [6.45, 7) is 3.56. The Labute approximate surface area is 149 Å². The highest BCUT2D eigenvalue weighted by atomic mass is 19.1. The van der Waals surface area contributed by atoms with Crippen LogP contribution in [-0.2, 0) is 0 Å². The van der Waals surface area contributed by atoms with Crippen molar-refractivity contribution in [3.63, 3.8) is 0 Å². The van der Waals surface area contributed by atoms with E-state index in [9.17, 15) is 13.6 Å². The molecule has 2 aromatic carbocycles. The number of benzene rings is 2. The van der Waals surface area contributed by atoms with Gasteiger partial charge in [-0.25, -0.2) is 18.4 Å². The van der Waals surface area contributed by atoms with E-state index in [4.69, 9.17) is 0 Å². The first-order chi connectivity index (χ1) is 12.4. The van der Waals surface area contributed by atoms with Crippen LogP contribution in [0.5, 0.6) is 0 Å². The lowest BCUT2D eigenvalue weighted by atomic mass is 10.1. The van der Waals surface area contributed by atoms with Crippen LogP contribution in [0.15, 0.2) is 48.5 Å². The van der Waals surface area contributed by atoms with Gasteiger partial charge in [-0.1, -0.05) is 12.1 Å². The molecule has 0 bridgehead atoms. The smallest absolute Gasteiger partial charge is 0.293 e. The molecule has 0 spiro atoms. The first kappa shape index (κ1) is 17.7. The van der Waals surface area contributed by atoms with Crippen molar-refractivity contribution >= 4 is 5.91 Å². The third-order valence-corrected chi connectivity index (χ3v) is 4.29. The van der Waals surface area contributed by atoms with E-state index in [-0.39, 0.29) is 29.4 Å². The maximum Gasteiger partial charge on any atom is 0.293 e. The first-order valence-corrected chi connectivity index (χ1v) is 8.09. The van der Waals surface area contributed by atoms with Crippen LogP contribution < -0.4 is 0 Å². The molecular formula is C19H18F2N4O. The van der Waals surface area contributed by atoms with Crippen molar-refractivity contribution in [3.8, 4) is 5.69 Å². The molecule has 7 heteroatoms. The van der Waals surface area contributed by atoms with E-state index < -0.39 is 0 Å². The lowest BCUT2D eigenvalue weighted by Crippen LogP contribution is -2.30. The number of carbonyl (C=O) groups excluding carboxylic acids is 1. The van der Waals surface area contributed by atoms with Crippen molar-refractivity contribution < 1.29 is 13.6 Å². The van der Waals surface area contributed by atoms with Crippen LogP contribution in [-0.4, -0.2) is 32.6 Å². The second kappa shape index (κ2) is 7.03. The Morgan fingerprint density at radius 1 is 1.04 bits per heavy atom. The molecule has 5 nitrogen and oxygen atoms in total. The van der Waals surface area contributed by atoms with Crippen molar-refractivity contribution in [2.75, 3.05) is 7.05 Å². The quantitative estimate of drug-likeness (QED) is 0.716. The van der Waals surface area contributed by atoms with Gasteiger partial charge in [-0.2, -0.15) is 0 Å². The van der Waals surface area contributed by atoms with Gasteiger partial charge in [0.25, 0.3) is 5.91 Å². The van der Waals surface area contributed by atoms with Crippen molar-refractivity contribution in [2.24, 2.45) is 0 Å². The van der Waals surface area contributed by atoms with E-state index in [0.717, 1.165) is 5.56 Å². The average Bonchev–Trinajstić information content (AvgIpc) is 3.03. The fraction of sp³-hybridized carbons (Fsp3) is 0.211. The SMILES string of the molecule is Cc1nc(C(=O)N(C)[C@H](C)c2ccc(F)cc2)nn1-c1ccc(F)cc1. The molecule has 134 valence electrons. The fourth-order valence-electron chi connectivity index (χ4n) is 2.61. The summed E-state index contributed by atoms with van der Waals surface area (Å²) in [4.78, 5) is 18.5. The summed E-state index contributed by atoms with van der Waals surface area (Å²) < 4.78 is 27.7. The molecule has 0 aliphatic heterocycles. The summed E-state index contributed by atoms with van der Waals surface area (Å²) in [5.41, 5.74) is 1.42. The number of rotatable bonds is 4. The molecule has 0 saturated carbocycles. The minimum Gasteiger partial charge on any atom is -0.332 e. The zero-order chi connectivity index (χ0) is 18.8. The van der Waals surface area contributed by atoms with Gasteiger partial charge in [0.2, 0.25) is 5.82 Å². The molecule has 0 aliphatic rings. The summed E-state index contributed by atoms with van der Waals surface area (Å²) in [7, 11) is 1.64. The average molecular weight is 356 g/mol. The topological polar surface area (TPSA) is 51.0 Å². The summed E-state index contributed by atoms with van der Waals surface area (Å²) in [5.74, 6) is -0.474. The highest BCUT2D eigenvalue weighted by Gasteiger charge is 2.23. The van der Waals surface area contributed by atoms with Crippen LogP contribution in [0.1, 0.15) is 35.0 Å². The Morgan fingerprint density at radius 2 is 1.58 bits per heavy atom. The molecule has 1 atom stereocenters. The number of amides is 1. The zero-order valence-electron chi connectivity index (χ0n) is 14.6. The van der Waals surface area contributed by atoms with Gasteiger partial charge in [-0.05, 0) is 55.8 Å². The number of aromatic nitrogens is 3. The Balaban J connectivity index is 1.84. The molecule has 3 rings (SSSR count). The van der Waals surface area contributed by atoms with E-state index in [1.807, 2.05) is 6.92 Å². The number of hydrogen-bond donors (Lipinski definition) is 0. The predicted octanol–water partition coefficient (Wildman–Crippen LogP) is 3.69. The van der Waals surface area contributed by atoms with Crippen LogP contribution >= 0.6 is 0 Å². The number of halogens is 2. The lowest BCUT2D eigenvalue weighted by molar-refractivity contribution is 0.0730. The van der Waals surface area contributed by atoms with Crippen molar-refractivity contribution in [1.29, 1.82) is 0 Å². The standard InChI is InChI=1S/C19H18F2N4O/c1-12(14-4-6-15(20)7-5-14)24(3)19(26)18-22-13(2)25(23-18)17-10-8-16(21)9-11-17/h4-12H,1-3H3/t12-/m1/s1. The molecule has 0 unspecified atom stereocenters. The number of hydrogen-bond acceptors (Lipinski definition) is 3. The van der Waals surface area contributed by atoms with Gasteiger partial charge in [0, 0.05) is 7.05 Å². The fourth-order valence-corrected chi connectivity index (χ4v) is 2.61. The highest BCUT2D eigenvalue weighted by molar-refractivity contribution is 5.90. The maximum absolute atomic E-state index is 13.1. The molecule has 0 fully saturated rings. The minimum absolute atomic E-state index is 0.0447. The largest absolute Gasteiger partial charge is 0.332 e. The summed E-state index contributed by atoms with van der Waals surface area (Å²) in [6.07, 6.45) is 0. The molecule has 0 N–H and O–H groups in total. The molecule has 1 amide bonds. The molecule has 1 heterocycles. The molecule has 0 radical (unpaired) electrons. The molecule has 1 aromatic heterocycles. The van der Waals surface area contributed by atoms with Gasteiger partial charge >= 0.3 is 0 Å². The van der Waals surface area contributed by atoms with Crippen LogP contribution in [0.25, 0.3) is 5.69 Å². The van der Waals surface area contributed by atoms with Crippen LogP contribution in [0.2, 0.25) is 0 Å². The summed E-state index contributed by atoms with van der Waals surface area (Å²) in [6, 6.07) is 11.5. The van der Waals surface area contributed by atoms with Gasteiger partial charge in [0.15, 0.2) is 0 Å². The van der Waals surface area contributed by atoms with E-state index >= 15 is 0 Å². The van der Waals surface area contributed by atoms with Crippen LogP contribution in [0, 0.1) is 18.6 Å². The van der Waals surface area contributed by atoms with Crippen LogP contribution in [0.4, 0.5) is 8.78 Å². The minimum atomic E-state index is -0.356. The maximum atomic E-state index is 13.1. The van der Waals surface area contributed by atoms with Crippen LogP contribution in [0.3, 0.4) is 0 Å². The van der Waals surface area contributed by atoms with E-state index in [1.165, 1.54) is 33.8 Å². The first-order valence-electron chi connectivity index (χ1n) is 8.09. The number of aryl methyl sites for hydroxylation is 1. The van der Waals surface area contributed by atoms with Gasteiger partial charge < -0.3 is 4.90 Å². The highest BCUT2D eigenvalue weighted by Crippen LogP contribution is 2.21. The molecule has 3 aromatic rings. The molecular weight excluding hydrogens is 338 g/mol. The van der Waals surface area contributed by atoms with Crippen molar-refractivity contribution in [2.45, 2.75) is 19.9 Å². The molecule has 26 heavy (non-hydrogen) atoms. The van der Waals surface area contributed by atoms with Gasteiger partial charge in [0.05, 0.1) is 11.7 Å². The van der Waals surface area contributed by atoms with Gasteiger partial charge in [-0.3, -0.25) is 4.79 Å². The summed E-state index contributed by atoms with van der Waals surface area (Å²) >= 11 is 0. The second-order valence-corrected chi connectivity index (χ2v) is 6.01. The molecule has 0 aliphatic carbocycles. The van der Waals surface area contributed by atoms with Crippen molar-refractivity contribution in [1.82, 2.24) is 19.7 Å². The predicted molar refractivity (Wildman–Crippen MR) is 93.0 cm³/mol. The van der Waals surface area contributed by atoms with E-state index in [1.54, 1.807) is 38.2 Å². The lowest BCUT2D eigenvalue weighted by Gasteiger charge is -2.24. The van der Waals surface area contributed by atoms with Gasteiger partial charge in [0.1, 0.15) is 17.5 Å².